The molecular weight excluding hydrogens is 364 g/mol. The molecule has 1 aliphatic carbocycles. The summed E-state index contributed by atoms with van der Waals surface area (Å²) in [6.45, 7) is 7.62. The van der Waals surface area contributed by atoms with Gasteiger partial charge in [-0.1, -0.05) is 106 Å². The number of hydrogen-bond acceptors (Lipinski definition) is 1. The molecule has 0 saturated heterocycles. The average Bonchev–Trinajstić information content (AvgIpc) is 3.12. The third kappa shape index (κ3) is 6.44. The number of allylic oxidation sites excluding steroid dienone is 1. The minimum absolute atomic E-state index is 0.178. The van der Waals surface area contributed by atoms with Gasteiger partial charge in [-0.3, -0.25) is 0 Å². The molecule has 3 rings (SSSR count). The number of unbranched alkanes of at least 4 members (excludes halogenated alkanes) is 2. The fraction of sp³-hybridized carbons (Fsp3) is 0.448. The molecule has 0 bridgehead atoms. The Hall–Kier alpha value is -2.12. The summed E-state index contributed by atoms with van der Waals surface area (Å²) in [5.41, 5.74) is 5.65. The summed E-state index contributed by atoms with van der Waals surface area (Å²) in [4.78, 5) is 0. The maximum absolute atomic E-state index is 6.59. The van der Waals surface area contributed by atoms with Gasteiger partial charge in [0.1, 0.15) is 0 Å². The molecule has 2 aromatic carbocycles. The second kappa shape index (κ2) is 11.9. The highest BCUT2D eigenvalue weighted by Gasteiger charge is 2.34. The standard InChI is InChI=1S/C29H38O/c1-4-5-8-19-26-21-28(23(2)3)29(30-22-25-16-11-7-12-17-25)27(26)20-13-18-24-14-9-6-10-15-24/h6-7,9-12,14-17,20-21,23,28-29H,4-5,8,13,18-19,22H2,1-3H3/b27-20-/t28-,29+/m0/s1. The van der Waals surface area contributed by atoms with E-state index in [2.05, 4.69) is 93.6 Å². The van der Waals surface area contributed by atoms with Gasteiger partial charge in [-0.05, 0) is 53.9 Å². The van der Waals surface area contributed by atoms with Crippen LogP contribution in [0.2, 0.25) is 0 Å². The van der Waals surface area contributed by atoms with Gasteiger partial charge in [0.15, 0.2) is 0 Å². The molecule has 1 heteroatoms. The van der Waals surface area contributed by atoms with Crippen LogP contribution < -0.4 is 0 Å². The lowest BCUT2D eigenvalue weighted by atomic mass is 9.91. The molecule has 0 heterocycles. The lowest BCUT2D eigenvalue weighted by Crippen LogP contribution is -2.25. The van der Waals surface area contributed by atoms with Gasteiger partial charge < -0.3 is 4.74 Å². The van der Waals surface area contributed by atoms with E-state index in [4.69, 9.17) is 4.74 Å². The first-order valence-corrected chi connectivity index (χ1v) is 11.8. The van der Waals surface area contributed by atoms with Crippen LogP contribution in [0.3, 0.4) is 0 Å². The van der Waals surface area contributed by atoms with E-state index in [9.17, 15) is 0 Å². The Morgan fingerprint density at radius 3 is 2.17 bits per heavy atom. The summed E-state index contributed by atoms with van der Waals surface area (Å²) in [5.74, 6) is 1.04. The van der Waals surface area contributed by atoms with Crippen molar-refractivity contribution in [3.05, 3.63) is 95.1 Å². The largest absolute Gasteiger partial charge is 0.368 e. The highest BCUT2D eigenvalue weighted by molar-refractivity contribution is 5.42. The van der Waals surface area contributed by atoms with E-state index in [-0.39, 0.29) is 6.10 Å². The Bertz CT molecular complexity index is 801. The van der Waals surface area contributed by atoms with Gasteiger partial charge in [0.2, 0.25) is 0 Å². The van der Waals surface area contributed by atoms with E-state index in [0.29, 0.717) is 18.4 Å². The van der Waals surface area contributed by atoms with Crippen molar-refractivity contribution < 1.29 is 4.74 Å². The van der Waals surface area contributed by atoms with E-state index in [1.165, 1.54) is 48.0 Å². The van der Waals surface area contributed by atoms with Gasteiger partial charge >= 0.3 is 0 Å². The SMILES string of the molecule is CCCCCC1=C[C@@H](C(C)C)[C@H](OCc2ccccc2)/C1=C\CCc1ccccc1. The quantitative estimate of drug-likeness (QED) is 0.347. The third-order valence-electron chi connectivity index (χ3n) is 6.15. The van der Waals surface area contributed by atoms with Crippen molar-refractivity contribution in [1.82, 2.24) is 0 Å². The predicted molar refractivity (Wildman–Crippen MR) is 128 cm³/mol. The van der Waals surface area contributed by atoms with Crippen LogP contribution in [0.1, 0.15) is 64.0 Å². The van der Waals surface area contributed by atoms with E-state index < -0.39 is 0 Å². The molecule has 0 saturated carbocycles. The fourth-order valence-corrected chi connectivity index (χ4v) is 4.39. The number of aryl methyl sites for hydroxylation is 1. The minimum Gasteiger partial charge on any atom is -0.368 e. The van der Waals surface area contributed by atoms with Gasteiger partial charge in [0.05, 0.1) is 12.7 Å². The zero-order valence-electron chi connectivity index (χ0n) is 19.0. The van der Waals surface area contributed by atoms with Crippen molar-refractivity contribution in [1.29, 1.82) is 0 Å². The van der Waals surface area contributed by atoms with Crippen molar-refractivity contribution in [2.45, 2.75) is 72.0 Å². The summed E-state index contributed by atoms with van der Waals surface area (Å²) in [5, 5.41) is 0. The fourth-order valence-electron chi connectivity index (χ4n) is 4.39. The van der Waals surface area contributed by atoms with Crippen LogP contribution in [-0.2, 0) is 17.8 Å². The van der Waals surface area contributed by atoms with Crippen LogP contribution in [0.5, 0.6) is 0 Å². The molecule has 160 valence electrons. The predicted octanol–water partition coefficient (Wildman–Crippen LogP) is 7.92. The topological polar surface area (TPSA) is 9.23 Å². The molecule has 0 aromatic heterocycles. The highest BCUT2D eigenvalue weighted by atomic mass is 16.5. The maximum atomic E-state index is 6.59. The van der Waals surface area contributed by atoms with Crippen LogP contribution in [0, 0.1) is 11.8 Å². The summed E-state index contributed by atoms with van der Waals surface area (Å²) < 4.78 is 6.59. The van der Waals surface area contributed by atoms with E-state index in [1.807, 2.05) is 0 Å². The Balaban J connectivity index is 1.76. The Labute approximate surface area is 183 Å². The molecule has 0 spiro atoms. The smallest absolute Gasteiger partial charge is 0.0894 e. The van der Waals surface area contributed by atoms with Gasteiger partial charge in [0.25, 0.3) is 0 Å². The summed E-state index contributed by atoms with van der Waals surface area (Å²) >= 11 is 0. The molecule has 2 atom stereocenters. The normalized spacial score (nSPS) is 20.1. The van der Waals surface area contributed by atoms with Crippen molar-refractivity contribution in [3.63, 3.8) is 0 Å². The van der Waals surface area contributed by atoms with Crippen molar-refractivity contribution in [2.24, 2.45) is 11.8 Å². The molecule has 0 unspecified atom stereocenters. The van der Waals surface area contributed by atoms with E-state index in [1.54, 1.807) is 0 Å². The van der Waals surface area contributed by atoms with E-state index >= 15 is 0 Å². The van der Waals surface area contributed by atoms with Crippen LogP contribution in [0.15, 0.2) is 84.0 Å². The van der Waals surface area contributed by atoms with Gasteiger partial charge in [-0.15, -0.1) is 0 Å². The Morgan fingerprint density at radius 1 is 0.867 bits per heavy atom. The maximum Gasteiger partial charge on any atom is 0.0894 e. The van der Waals surface area contributed by atoms with Gasteiger partial charge in [-0.2, -0.15) is 0 Å². The van der Waals surface area contributed by atoms with Crippen molar-refractivity contribution in [2.75, 3.05) is 0 Å². The Morgan fingerprint density at radius 2 is 1.53 bits per heavy atom. The molecule has 0 radical (unpaired) electrons. The third-order valence-corrected chi connectivity index (χ3v) is 6.15. The molecule has 0 aliphatic heterocycles. The molecule has 0 amide bonds. The monoisotopic (exact) mass is 402 g/mol. The number of hydrogen-bond donors (Lipinski definition) is 0. The lowest BCUT2D eigenvalue weighted by Gasteiger charge is -2.25. The van der Waals surface area contributed by atoms with Crippen LogP contribution in [0.25, 0.3) is 0 Å². The molecule has 2 aromatic rings. The van der Waals surface area contributed by atoms with Gasteiger partial charge in [-0.25, -0.2) is 0 Å². The molecule has 0 N–H and O–H groups in total. The summed E-state index contributed by atoms with van der Waals surface area (Å²) in [6.07, 6.45) is 12.4. The first-order chi connectivity index (χ1) is 14.7. The molecule has 1 aliphatic rings. The number of rotatable bonds is 11. The lowest BCUT2D eigenvalue weighted by molar-refractivity contribution is 0.0325. The van der Waals surface area contributed by atoms with Crippen LogP contribution in [0.4, 0.5) is 0 Å². The molecule has 30 heavy (non-hydrogen) atoms. The second-order valence-electron chi connectivity index (χ2n) is 8.87. The molecular formula is C29H38O. The highest BCUT2D eigenvalue weighted by Crippen LogP contribution is 2.40. The van der Waals surface area contributed by atoms with Crippen LogP contribution >= 0.6 is 0 Å². The second-order valence-corrected chi connectivity index (χ2v) is 8.87. The average molecular weight is 403 g/mol. The number of benzene rings is 2. The minimum atomic E-state index is 0.178. The Kier molecular flexibility index (Phi) is 8.96. The van der Waals surface area contributed by atoms with Crippen molar-refractivity contribution >= 4 is 0 Å². The van der Waals surface area contributed by atoms with Crippen molar-refractivity contribution in [3.8, 4) is 0 Å². The first kappa shape index (κ1) is 22.6. The van der Waals surface area contributed by atoms with Crippen LogP contribution in [-0.4, -0.2) is 6.10 Å². The summed E-state index contributed by atoms with van der Waals surface area (Å²) in [6, 6.07) is 21.4. The number of ether oxygens (including phenoxy) is 1. The zero-order valence-corrected chi connectivity index (χ0v) is 19.0. The van der Waals surface area contributed by atoms with Gasteiger partial charge in [0, 0.05) is 5.92 Å². The van der Waals surface area contributed by atoms with E-state index in [0.717, 1.165) is 12.8 Å². The molecule has 1 nitrogen and oxygen atoms in total. The summed E-state index contributed by atoms with van der Waals surface area (Å²) in [7, 11) is 0. The first-order valence-electron chi connectivity index (χ1n) is 11.8. The molecule has 0 fully saturated rings. The zero-order chi connectivity index (χ0) is 21.2.